The first-order valence-electron chi connectivity index (χ1n) is 11.5. The fourth-order valence-corrected chi connectivity index (χ4v) is 5.30. The van der Waals surface area contributed by atoms with Crippen LogP contribution < -0.4 is 15.9 Å². The maximum atomic E-state index is 14.5. The van der Waals surface area contributed by atoms with Crippen LogP contribution >= 0.6 is 11.6 Å². The molecule has 36 heavy (non-hydrogen) atoms. The number of aliphatic hydroxyl groups excluding tert-OH is 1. The van der Waals surface area contributed by atoms with E-state index < -0.39 is 36.5 Å². The molecule has 0 spiro atoms. The van der Waals surface area contributed by atoms with Gasteiger partial charge in [0.2, 0.25) is 11.8 Å². The number of para-hydroxylation sites is 1. The zero-order valence-electron chi connectivity index (χ0n) is 19.1. The average molecular weight is 515 g/mol. The van der Waals surface area contributed by atoms with Gasteiger partial charge in [-0.05, 0) is 36.5 Å². The summed E-state index contributed by atoms with van der Waals surface area (Å²) in [6.45, 7) is -0.532. The second-order valence-corrected chi connectivity index (χ2v) is 9.49. The highest BCUT2D eigenvalue weighted by Crippen LogP contribution is 2.48. The zero-order chi connectivity index (χ0) is 25.6. The van der Waals surface area contributed by atoms with Crippen LogP contribution in [0.25, 0.3) is 10.9 Å². The molecule has 3 aromatic rings. The van der Waals surface area contributed by atoms with Gasteiger partial charge >= 0.3 is 6.09 Å². The molecule has 2 heterocycles. The lowest BCUT2D eigenvalue weighted by Gasteiger charge is -2.28. The Balaban J connectivity index is 1.35. The van der Waals surface area contributed by atoms with Gasteiger partial charge < -0.3 is 25.9 Å². The molecule has 1 saturated heterocycles. The number of primary amides is 1. The number of rotatable bonds is 7. The molecule has 2 aliphatic rings. The molecule has 2 aromatic carbocycles. The third-order valence-corrected chi connectivity index (χ3v) is 7.13. The molecule has 4 atom stereocenters. The molecule has 0 radical (unpaired) electrons. The highest BCUT2D eigenvalue weighted by molar-refractivity contribution is 6.30. The van der Waals surface area contributed by atoms with E-state index in [1.54, 1.807) is 29.2 Å². The number of carbonyl (C=O) groups is 3. The number of aromatic nitrogens is 1. The van der Waals surface area contributed by atoms with Crippen LogP contribution in [0.1, 0.15) is 30.0 Å². The summed E-state index contributed by atoms with van der Waals surface area (Å²) in [7, 11) is 0. The second-order valence-electron chi connectivity index (χ2n) is 9.09. The number of amides is 3. The van der Waals surface area contributed by atoms with E-state index in [-0.39, 0.29) is 34.9 Å². The van der Waals surface area contributed by atoms with Crippen molar-refractivity contribution >= 4 is 40.4 Å². The van der Waals surface area contributed by atoms with Gasteiger partial charge in [-0.25, -0.2) is 9.18 Å². The number of hydrogen-bond donors (Lipinski definition) is 3. The van der Waals surface area contributed by atoms with Crippen molar-refractivity contribution < 1.29 is 28.7 Å². The van der Waals surface area contributed by atoms with Gasteiger partial charge in [-0.1, -0.05) is 41.9 Å². The van der Waals surface area contributed by atoms with E-state index in [9.17, 15) is 23.9 Å². The van der Waals surface area contributed by atoms with Crippen LogP contribution in [0.2, 0.25) is 5.02 Å². The van der Waals surface area contributed by atoms with Crippen molar-refractivity contribution in [2.75, 3.05) is 6.61 Å². The molecule has 4 N–H and O–H groups in total. The Bertz CT molecular complexity index is 1360. The molecular formula is C25H24ClFN4O5. The first-order chi connectivity index (χ1) is 17.3. The Kier molecular flexibility index (Phi) is 6.31. The largest absolute Gasteiger partial charge is 0.429 e. The highest BCUT2D eigenvalue weighted by atomic mass is 35.5. The van der Waals surface area contributed by atoms with Gasteiger partial charge in [-0.15, -0.1) is 0 Å². The Labute approximate surface area is 210 Å². The standard InChI is InChI=1S/C25H24ClFN4O5/c26-17-6-3-5-16(23(17)27)18(12-32)29-24(34)21-9-13-8-20(13)31(21)22(33)10-14-11-30(36-25(28)35)19-7-2-1-4-15(14)19/h1-7,11,13,18,20-21,32H,8-10,12H2,(H2,28,35)(H,29,34)/t13-,18-,20-,21+/m1/s1. The molecule has 0 bridgehead atoms. The quantitative estimate of drug-likeness (QED) is 0.446. The molecule has 0 unspecified atom stereocenters. The number of piperidine rings is 1. The number of nitrogens with zero attached hydrogens (tertiary/aromatic N) is 2. The van der Waals surface area contributed by atoms with Crippen molar-refractivity contribution in [2.45, 2.75) is 37.4 Å². The fraction of sp³-hybridized carbons (Fsp3) is 0.320. The molecule has 1 aromatic heterocycles. The molecule has 1 aliphatic heterocycles. The lowest BCUT2D eigenvalue weighted by molar-refractivity contribution is -0.139. The summed E-state index contributed by atoms with van der Waals surface area (Å²) >= 11 is 5.86. The third-order valence-electron chi connectivity index (χ3n) is 6.84. The Morgan fingerprint density at radius 3 is 2.72 bits per heavy atom. The second kappa shape index (κ2) is 9.44. The molecule has 1 aliphatic carbocycles. The van der Waals surface area contributed by atoms with Gasteiger partial charge in [0.05, 0.1) is 29.6 Å². The maximum absolute atomic E-state index is 14.5. The van der Waals surface area contributed by atoms with Crippen LogP contribution in [0.4, 0.5) is 9.18 Å². The van der Waals surface area contributed by atoms with E-state index in [1.807, 2.05) is 0 Å². The normalized spacial score (nSPS) is 21.2. The van der Waals surface area contributed by atoms with Crippen molar-refractivity contribution in [1.82, 2.24) is 14.9 Å². The topological polar surface area (TPSA) is 127 Å². The third kappa shape index (κ3) is 4.38. The van der Waals surface area contributed by atoms with E-state index in [0.29, 0.717) is 17.5 Å². The summed E-state index contributed by atoms with van der Waals surface area (Å²) in [5.41, 5.74) is 6.43. The number of hydrogen-bond acceptors (Lipinski definition) is 5. The minimum Gasteiger partial charge on any atom is -0.394 e. The van der Waals surface area contributed by atoms with Crippen molar-refractivity contribution in [3.8, 4) is 0 Å². The van der Waals surface area contributed by atoms with Crippen LogP contribution in [-0.4, -0.2) is 51.3 Å². The molecular weight excluding hydrogens is 491 g/mol. The number of nitrogens with two attached hydrogens (primary N) is 1. The number of aliphatic hydroxyl groups is 1. The van der Waals surface area contributed by atoms with Crippen molar-refractivity contribution in [1.29, 1.82) is 0 Å². The molecule has 3 amide bonds. The zero-order valence-corrected chi connectivity index (χ0v) is 19.8. The lowest BCUT2D eigenvalue weighted by atomic mass is 10.0. The summed E-state index contributed by atoms with van der Waals surface area (Å²) in [6.07, 6.45) is 1.83. The minimum atomic E-state index is -1.01. The number of fused-ring (bicyclic) bond motifs is 2. The number of halogens is 2. The lowest BCUT2D eigenvalue weighted by Crippen LogP contribution is -2.49. The monoisotopic (exact) mass is 514 g/mol. The SMILES string of the molecule is NC(=O)On1cc(CC(=O)N2[C@@H]3C[C@@H]3C[C@H]2C(=O)N[C@H](CO)c2cccc(Cl)c2F)c2ccccc21. The first-order valence-corrected chi connectivity index (χ1v) is 11.9. The van der Waals surface area contributed by atoms with Crippen molar-refractivity contribution in [3.63, 3.8) is 0 Å². The van der Waals surface area contributed by atoms with E-state index in [1.165, 1.54) is 29.1 Å². The Morgan fingerprint density at radius 1 is 1.19 bits per heavy atom. The summed E-state index contributed by atoms with van der Waals surface area (Å²) < 4.78 is 15.7. The molecule has 9 nitrogen and oxygen atoms in total. The van der Waals surface area contributed by atoms with Crippen LogP contribution in [0, 0.1) is 11.7 Å². The van der Waals surface area contributed by atoms with Gasteiger partial charge in [-0.2, -0.15) is 4.73 Å². The number of nitrogens with one attached hydrogen (secondary N) is 1. The molecule has 5 rings (SSSR count). The van der Waals surface area contributed by atoms with Crippen molar-refractivity contribution in [3.05, 3.63) is 70.6 Å². The van der Waals surface area contributed by atoms with Gasteiger partial charge in [0, 0.05) is 23.2 Å². The van der Waals surface area contributed by atoms with Gasteiger partial charge in [0.25, 0.3) is 0 Å². The number of likely N-dealkylation sites (tertiary alicyclic amines) is 1. The summed E-state index contributed by atoms with van der Waals surface area (Å²) in [4.78, 5) is 44.5. The molecule has 11 heteroatoms. The average Bonchev–Trinajstić information content (AvgIpc) is 3.39. The Hall–Kier alpha value is -3.63. The number of carbonyl (C=O) groups excluding carboxylic acids is 3. The molecule has 2 fully saturated rings. The van der Waals surface area contributed by atoms with Crippen LogP contribution in [0.3, 0.4) is 0 Å². The summed E-state index contributed by atoms with van der Waals surface area (Å²) in [5, 5.41) is 13.1. The van der Waals surface area contributed by atoms with Crippen LogP contribution in [0.15, 0.2) is 48.7 Å². The smallest absolute Gasteiger partial charge is 0.394 e. The predicted molar refractivity (Wildman–Crippen MR) is 128 cm³/mol. The van der Waals surface area contributed by atoms with E-state index in [4.69, 9.17) is 22.2 Å². The Morgan fingerprint density at radius 2 is 1.97 bits per heavy atom. The van der Waals surface area contributed by atoms with E-state index >= 15 is 0 Å². The van der Waals surface area contributed by atoms with E-state index in [0.717, 1.165) is 11.8 Å². The number of benzene rings is 2. The first kappa shape index (κ1) is 24.1. The van der Waals surface area contributed by atoms with Gasteiger partial charge in [0.1, 0.15) is 11.9 Å². The predicted octanol–water partition coefficient (Wildman–Crippen LogP) is 2.32. The van der Waals surface area contributed by atoms with Crippen LogP contribution in [-0.2, 0) is 16.0 Å². The van der Waals surface area contributed by atoms with E-state index in [2.05, 4.69) is 5.32 Å². The van der Waals surface area contributed by atoms with Gasteiger partial charge in [-0.3, -0.25) is 9.59 Å². The van der Waals surface area contributed by atoms with Crippen LogP contribution in [0.5, 0.6) is 0 Å². The minimum absolute atomic E-state index is 0.0189. The van der Waals surface area contributed by atoms with Gasteiger partial charge in [0.15, 0.2) is 0 Å². The maximum Gasteiger partial charge on any atom is 0.429 e. The fourth-order valence-electron chi connectivity index (χ4n) is 5.11. The molecule has 188 valence electrons. The molecule has 1 saturated carbocycles. The highest BCUT2D eigenvalue weighted by Gasteiger charge is 2.56. The van der Waals surface area contributed by atoms with Crippen molar-refractivity contribution in [2.24, 2.45) is 11.7 Å². The summed E-state index contributed by atoms with van der Waals surface area (Å²) in [6, 6.07) is 9.68. The summed E-state index contributed by atoms with van der Waals surface area (Å²) in [5.74, 6) is -1.21.